The Labute approximate surface area is 131 Å². The topological polar surface area (TPSA) is 111 Å². The number of hydrogen-bond acceptors (Lipinski definition) is 5. The molecule has 7 heteroatoms. The maximum atomic E-state index is 10.5. The van der Waals surface area contributed by atoms with Gasteiger partial charge in [-0.15, -0.1) is 0 Å². The van der Waals surface area contributed by atoms with Gasteiger partial charge < -0.3 is 20.1 Å². The van der Waals surface area contributed by atoms with Crippen molar-refractivity contribution in [3.8, 4) is 11.8 Å². The molecule has 0 unspecified atom stereocenters. The summed E-state index contributed by atoms with van der Waals surface area (Å²) in [5.74, 6) is -0.0357. The van der Waals surface area contributed by atoms with Crippen LogP contribution in [0.1, 0.15) is 5.56 Å². The molecule has 7 nitrogen and oxygen atoms in total. The van der Waals surface area contributed by atoms with E-state index in [1.54, 1.807) is 42.5 Å². The van der Waals surface area contributed by atoms with E-state index >= 15 is 0 Å². The van der Waals surface area contributed by atoms with Crippen LogP contribution in [0.4, 0.5) is 11.6 Å². The van der Waals surface area contributed by atoms with Crippen LogP contribution in [0.15, 0.2) is 42.5 Å². The first kappa shape index (κ1) is 14.4. The molecule has 0 bridgehead atoms. The first-order chi connectivity index (χ1) is 11.1. The molecule has 0 atom stereocenters. The van der Waals surface area contributed by atoms with Gasteiger partial charge in [0.1, 0.15) is 5.75 Å². The number of hydrogen-bond donors (Lipinski definition) is 3. The number of nitrogens with zero attached hydrogens (tertiary/aromatic N) is 2. The molecule has 0 aliphatic rings. The van der Waals surface area contributed by atoms with Gasteiger partial charge in [-0.1, -0.05) is 0 Å². The molecule has 0 amide bonds. The molecule has 0 radical (unpaired) electrons. The van der Waals surface area contributed by atoms with E-state index in [1.165, 1.54) is 0 Å². The Hall–Kier alpha value is -3.53. The summed E-state index contributed by atoms with van der Waals surface area (Å²) in [5, 5.41) is 20.5. The first-order valence-corrected chi connectivity index (χ1v) is 6.75. The summed E-state index contributed by atoms with van der Waals surface area (Å²) in [6.45, 7) is -0.393. The number of ether oxygens (including phenoxy) is 1. The number of imidazole rings is 1. The third-order valence-corrected chi connectivity index (χ3v) is 3.09. The molecule has 0 aliphatic heterocycles. The fourth-order valence-electron chi connectivity index (χ4n) is 2.05. The lowest BCUT2D eigenvalue weighted by molar-refractivity contribution is -0.139. The smallest absolute Gasteiger partial charge is 0.341 e. The second kappa shape index (κ2) is 6.07. The van der Waals surface area contributed by atoms with Crippen molar-refractivity contribution in [3.05, 3.63) is 48.0 Å². The highest BCUT2D eigenvalue weighted by Gasteiger charge is 2.06. The number of carboxylic acid groups (broad SMARTS) is 1. The zero-order chi connectivity index (χ0) is 16.2. The van der Waals surface area contributed by atoms with Gasteiger partial charge in [0.15, 0.2) is 6.61 Å². The minimum Gasteiger partial charge on any atom is -0.482 e. The van der Waals surface area contributed by atoms with Gasteiger partial charge in [0.05, 0.1) is 22.7 Å². The van der Waals surface area contributed by atoms with Crippen molar-refractivity contribution in [2.45, 2.75) is 0 Å². The van der Waals surface area contributed by atoms with Crippen LogP contribution >= 0.6 is 0 Å². The Kier molecular flexibility index (Phi) is 3.80. The molecule has 1 heterocycles. The summed E-state index contributed by atoms with van der Waals surface area (Å²) >= 11 is 0. The van der Waals surface area contributed by atoms with Gasteiger partial charge in [-0.2, -0.15) is 5.26 Å². The van der Waals surface area contributed by atoms with Crippen molar-refractivity contribution in [3.63, 3.8) is 0 Å². The van der Waals surface area contributed by atoms with Crippen molar-refractivity contribution in [2.75, 3.05) is 11.9 Å². The fraction of sp³-hybridized carbons (Fsp3) is 0.0625. The van der Waals surface area contributed by atoms with Crippen molar-refractivity contribution >= 4 is 28.6 Å². The summed E-state index contributed by atoms with van der Waals surface area (Å²) < 4.78 is 5.13. The molecular weight excluding hydrogens is 296 g/mol. The number of benzene rings is 2. The Morgan fingerprint density at radius 3 is 2.78 bits per heavy atom. The minimum absolute atomic E-state index is 0.393. The average molecular weight is 308 g/mol. The molecule has 2 aromatic carbocycles. The van der Waals surface area contributed by atoms with Crippen molar-refractivity contribution in [2.24, 2.45) is 0 Å². The van der Waals surface area contributed by atoms with Crippen LogP contribution in [0, 0.1) is 11.3 Å². The summed E-state index contributed by atoms with van der Waals surface area (Å²) in [6.07, 6.45) is 0. The summed E-state index contributed by atoms with van der Waals surface area (Å²) in [7, 11) is 0. The predicted octanol–water partition coefficient (Wildman–Crippen LogP) is 2.64. The zero-order valence-corrected chi connectivity index (χ0v) is 11.9. The van der Waals surface area contributed by atoms with E-state index in [4.69, 9.17) is 15.1 Å². The highest BCUT2D eigenvalue weighted by atomic mass is 16.5. The number of H-pyrrole nitrogens is 1. The maximum Gasteiger partial charge on any atom is 0.341 e. The molecule has 0 spiro atoms. The Balaban J connectivity index is 1.79. The van der Waals surface area contributed by atoms with Crippen molar-refractivity contribution < 1.29 is 14.6 Å². The summed E-state index contributed by atoms with van der Waals surface area (Å²) in [4.78, 5) is 18.0. The van der Waals surface area contributed by atoms with Gasteiger partial charge in [0.25, 0.3) is 0 Å². The second-order valence-corrected chi connectivity index (χ2v) is 4.76. The second-order valence-electron chi connectivity index (χ2n) is 4.76. The number of fused-ring (bicyclic) bond motifs is 1. The van der Waals surface area contributed by atoms with Gasteiger partial charge >= 0.3 is 5.97 Å². The minimum atomic E-state index is -1.03. The Morgan fingerprint density at radius 1 is 1.30 bits per heavy atom. The van der Waals surface area contributed by atoms with Gasteiger partial charge in [0.2, 0.25) is 5.95 Å². The lowest BCUT2D eigenvalue weighted by Crippen LogP contribution is -2.09. The van der Waals surface area contributed by atoms with Crippen LogP contribution in [0.5, 0.6) is 5.75 Å². The van der Waals surface area contributed by atoms with Gasteiger partial charge in [0, 0.05) is 11.8 Å². The fourth-order valence-corrected chi connectivity index (χ4v) is 2.05. The molecule has 1 aromatic heterocycles. The number of nitrogens with one attached hydrogen (secondary N) is 2. The number of nitriles is 1. The number of anilines is 2. The highest BCUT2D eigenvalue weighted by Crippen LogP contribution is 2.22. The standard InChI is InChI=1S/C16H12N4O3/c17-8-10-1-3-11(4-2-10)18-16-19-13-6-5-12(7-14(13)20-16)23-9-15(21)22/h1-7H,9H2,(H,21,22)(H2,18,19,20). The van der Waals surface area contributed by atoms with E-state index in [0.29, 0.717) is 17.3 Å². The molecule has 23 heavy (non-hydrogen) atoms. The molecule has 3 rings (SSSR count). The third-order valence-electron chi connectivity index (χ3n) is 3.09. The number of aromatic nitrogens is 2. The molecule has 3 N–H and O–H groups in total. The number of aromatic amines is 1. The van der Waals surface area contributed by atoms with E-state index in [0.717, 1.165) is 16.7 Å². The third kappa shape index (κ3) is 3.39. The quantitative estimate of drug-likeness (QED) is 0.668. The largest absolute Gasteiger partial charge is 0.482 e. The van der Waals surface area contributed by atoms with E-state index < -0.39 is 12.6 Å². The molecule has 114 valence electrons. The van der Waals surface area contributed by atoms with Crippen LogP contribution in [-0.2, 0) is 4.79 Å². The van der Waals surface area contributed by atoms with Crippen LogP contribution in [-0.4, -0.2) is 27.7 Å². The average Bonchev–Trinajstić information content (AvgIpc) is 2.95. The van der Waals surface area contributed by atoms with Crippen molar-refractivity contribution in [1.82, 2.24) is 9.97 Å². The van der Waals surface area contributed by atoms with Gasteiger partial charge in [-0.3, -0.25) is 0 Å². The monoisotopic (exact) mass is 308 g/mol. The number of carbonyl (C=O) groups is 1. The maximum absolute atomic E-state index is 10.5. The van der Waals surface area contributed by atoms with Gasteiger partial charge in [-0.05, 0) is 36.4 Å². The van der Waals surface area contributed by atoms with Crippen LogP contribution < -0.4 is 10.1 Å². The van der Waals surface area contributed by atoms with E-state index in [2.05, 4.69) is 21.4 Å². The summed E-state index contributed by atoms with van der Waals surface area (Å²) in [6, 6.07) is 14.1. The molecule has 0 aliphatic carbocycles. The lowest BCUT2D eigenvalue weighted by Gasteiger charge is -2.02. The molecule has 0 saturated carbocycles. The van der Waals surface area contributed by atoms with E-state index in [-0.39, 0.29) is 0 Å². The zero-order valence-electron chi connectivity index (χ0n) is 11.9. The summed E-state index contributed by atoms with van der Waals surface area (Å²) in [5.41, 5.74) is 2.83. The van der Waals surface area contributed by atoms with Crippen LogP contribution in [0.2, 0.25) is 0 Å². The first-order valence-electron chi connectivity index (χ1n) is 6.75. The highest BCUT2D eigenvalue weighted by molar-refractivity contribution is 5.80. The predicted molar refractivity (Wildman–Crippen MR) is 83.7 cm³/mol. The number of rotatable bonds is 5. The molecule has 0 fully saturated rings. The molecule has 0 saturated heterocycles. The lowest BCUT2D eigenvalue weighted by atomic mass is 10.2. The van der Waals surface area contributed by atoms with E-state index in [1.807, 2.05) is 0 Å². The van der Waals surface area contributed by atoms with Gasteiger partial charge in [-0.25, -0.2) is 9.78 Å². The van der Waals surface area contributed by atoms with Crippen LogP contribution in [0.3, 0.4) is 0 Å². The van der Waals surface area contributed by atoms with E-state index in [9.17, 15) is 4.79 Å². The number of aliphatic carboxylic acids is 1. The van der Waals surface area contributed by atoms with Crippen molar-refractivity contribution in [1.29, 1.82) is 5.26 Å². The Bertz CT molecular complexity index is 894. The van der Waals surface area contributed by atoms with Crippen LogP contribution in [0.25, 0.3) is 11.0 Å². The molecular formula is C16H12N4O3. The normalized spacial score (nSPS) is 10.2. The Morgan fingerprint density at radius 2 is 2.09 bits per heavy atom. The molecule has 3 aromatic rings. The SMILES string of the molecule is N#Cc1ccc(Nc2nc3ccc(OCC(=O)O)cc3[nH]2)cc1. The number of carboxylic acids is 1.